The number of nitrogens with zero attached hydrogens (tertiary/aromatic N) is 3. The predicted octanol–water partition coefficient (Wildman–Crippen LogP) is 4.65. The zero-order valence-corrected chi connectivity index (χ0v) is 20.1. The number of rotatable bonds is 7. The number of carbonyl (C=O) groups is 1. The maximum Gasteiger partial charge on any atom is 0.338 e. The lowest BCUT2D eigenvalue weighted by Gasteiger charge is -2.22. The molecule has 2 N–H and O–H groups in total. The van der Waals surface area contributed by atoms with E-state index in [4.69, 9.17) is 31.5 Å². The van der Waals surface area contributed by atoms with Gasteiger partial charge in [0.1, 0.15) is 29.6 Å². The molecule has 0 amide bonds. The van der Waals surface area contributed by atoms with Gasteiger partial charge in [-0.3, -0.25) is 0 Å². The number of nitrogens with two attached hydrogens (primary N) is 1. The van der Waals surface area contributed by atoms with E-state index >= 15 is 4.39 Å². The lowest BCUT2D eigenvalue weighted by atomic mass is 10.1. The van der Waals surface area contributed by atoms with Crippen LogP contribution in [0.4, 0.5) is 10.3 Å². The number of carbonyl (C=O) groups excluding carboxylic acids is 1. The number of alkyl halides is 1. The minimum Gasteiger partial charge on any atom is -0.459 e. The van der Waals surface area contributed by atoms with Crippen molar-refractivity contribution in [1.29, 1.82) is 0 Å². The van der Waals surface area contributed by atoms with Gasteiger partial charge in [0.15, 0.2) is 12.4 Å². The Morgan fingerprint density at radius 3 is 2.64 bits per heavy atom. The Kier molecular flexibility index (Phi) is 6.86. The van der Waals surface area contributed by atoms with Crippen LogP contribution in [0.25, 0.3) is 11.0 Å². The topological polar surface area (TPSA) is 101 Å². The van der Waals surface area contributed by atoms with E-state index in [2.05, 4.69) is 9.97 Å². The van der Waals surface area contributed by atoms with E-state index in [1.165, 1.54) is 0 Å². The Hall–Kier alpha value is -3.53. The predicted molar refractivity (Wildman–Crippen MR) is 132 cm³/mol. The second-order valence-electron chi connectivity index (χ2n) is 8.57. The minimum absolute atomic E-state index is 0.0208. The van der Waals surface area contributed by atoms with E-state index in [0.29, 0.717) is 16.6 Å². The molecule has 8 nitrogen and oxygen atoms in total. The van der Waals surface area contributed by atoms with Gasteiger partial charge in [0.25, 0.3) is 0 Å². The molecule has 2 aromatic heterocycles. The first-order chi connectivity index (χ1) is 17.4. The zero-order chi connectivity index (χ0) is 25.2. The highest BCUT2D eigenvalue weighted by Gasteiger charge is 2.48. The molecule has 0 bridgehead atoms. The number of esters is 1. The van der Waals surface area contributed by atoms with E-state index in [1.54, 1.807) is 41.1 Å². The number of hydrogen-bond acceptors (Lipinski definition) is 7. The van der Waals surface area contributed by atoms with Crippen LogP contribution in [0.3, 0.4) is 0 Å². The van der Waals surface area contributed by atoms with Crippen molar-refractivity contribution in [2.24, 2.45) is 0 Å². The van der Waals surface area contributed by atoms with Gasteiger partial charge >= 0.3 is 5.97 Å². The normalized spacial score (nSPS) is 21.6. The van der Waals surface area contributed by atoms with E-state index in [9.17, 15) is 4.79 Å². The summed E-state index contributed by atoms with van der Waals surface area (Å²) < 4.78 is 34.8. The Morgan fingerprint density at radius 1 is 1.14 bits per heavy atom. The molecule has 5 rings (SSSR count). The van der Waals surface area contributed by atoms with Crippen molar-refractivity contribution in [3.8, 4) is 0 Å². The third-order valence-corrected chi connectivity index (χ3v) is 6.32. The van der Waals surface area contributed by atoms with Gasteiger partial charge in [-0.15, -0.1) is 0 Å². The molecular weight excluding hydrogens is 487 g/mol. The Morgan fingerprint density at radius 2 is 1.89 bits per heavy atom. The summed E-state index contributed by atoms with van der Waals surface area (Å²) in [5.74, 6) is -0.581. The molecule has 1 aliphatic heterocycles. The standard InChI is InChI=1S/C26H24ClFN4O4/c1-15-7-9-17(10-8-15)25(33)35-14-19-20(28)21(34-13-16-5-3-2-4-6-16)24(36-19)32-12-11-18-22(27)30-26(29)31-23(18)32/h2-12,19-21,24H,13-14H2,1H3,(H2,29,30,31)/t19-,20-,21-,24?/m1/s1. The first-order valence-corrected chi connectivity index (χ1v) is 11.8. The number of halogens is 2. The van der Waals surface area contributed by atoms with Crippen LogP contribution in [-0.4, -0.2) is 45.5 Å². The third-order valence-electron chi connectivity index (χ3n) is 6.03. The summed E-state index contributed by atoms with van der Waals surface area (Å²) in [5, 5.41) is 0.720. The summed E-state index contributed by atoms with van der Waals surface area (Å²) in [4.78, 5) is 20.7. The molecule has 1 fully saturated rings. The molecule has 3 heterocycles. The molecule has 0 saturated carbocycles. The van der Waals surface area contributed by atoms with E-state index in [0.717, 1.165) is 11.1 Å². The third kappa shape index (κ3) is 4.90. The fourth-order valence-electron chi connectivity index (χ4n) is 4.14. The highest BCUT2D eigenvalue weighted by atomic mass is 35.5. The van der Waals surface area contributed by atoms with Crippen LogP contribution in [0, 0.1) is 6.92 Å². The maximum absolute atomic E-state index is 15.7. The molecule has 36 heavy (non-hydrogen) atoms. The van der Waals surface area contributed by atoms with Crippen LogP contribution in [0.15, 0.2) is 66.9 Å². The lowest BCUT2D eigenvalue weighted by molar-refractivity contribution is -0.0753. The fraction of sp³-hybridized carbons (Fsp3) is 0.269. The molecule has 2 aromatic carbocycles. The summed E-state index contributed by atoms with van der Waals surface area (Å²) in [6.45, 7) is 1.80. The number of hydrogen-bond donors (Lipinski definition) is 1. The minimum atomic E-state index is -1.59. The van der Waals surface area contributed by atoms with Crippen LogP contribution in [0.2, 0.25) is 5.15 Å². The molecular formula is C26H24ClFN4O4. The Balaban J connectivity index is 1.39. The SMILES string of the molecule is Cc1ccc(C(=O)OC[C@H]2OC(n3ccc4c(Cl)nc(N)nc43)[C@H](OCc3ccccc3)[C@@H]2F)cc1. The summed E-state index contributed by atoms with van der Waals surface area (Å²) in [5.41, 5.74) is 8.45. The van der Waals surface area contributed by atoms with E-state index in [1.807, 2.05) is 37.3 Å². The van der Waals surface area contributed by atoms with E-state index < -0.39 is 30.6 Å². The highest BCUT2D eigenvalue weighted by Crippen LogP contribution is 2.37. The van der Waals surface area contributed by atoms with Crippen LogP contribution in [0.1, 0.15) is 27.7 Å². The zero-order valence-electron chi connectivity index (χ0n) is 19.4. The van der Waals surface area contributed by atoms with Gasteiger partial charge < -0.3 is 24.5 Å². The molecule has 4 aromatic rings. The summed E-state index contributed by atoms with van der Waals surface area (Å²) in [7, 11) is 0. The summed E-state index contributed by atoms with van der Waals surface area (Å²) in [6, 6.07) is 18.1. The van der Waals surface area contributed by atoms with Gasteiger partial charge in [0.05, 0.1) is 17.6 Å². The van der Waals surface area contributed by atoms with Crippen molar-refractivity contribution in [2.75, 3.05) is 12.3 Å². The average molecular weight is 511 g/mol. The molecule has 186 valence electrons. The van der Waals surface area contributed by atoms with Crippen molar-refractivity contribution in [3.63, 3.8) is 0 Å². The van der Waals surface area contributed by atoms with Crippen LogP contribution in [0.5, 0.6) is 0 Å². The number of anilines is 1. The number of fused-ring (bicyclic) bond motifs is 1. The van der Waals surface area contributed by atoms with Crippen molar-refractivity contribution < 1.29 is 23.4 Å². The van der Waals surface area contributed by atoms with Crippen molar-refractivity contribution >= 4 is 34.6 Å². The monoisotopic (exact) mass is 510 g/mol. The van der Waals surface area contributed by atoms with Crippen molar-refractivity contribution in [1.82, 2.24) is 14.5 Å². The van der Waals surface area contributed by atoms with Crippen LogP contribution < -0.4 is 5.73 Å². The molecule has 1 aliphatic rings. The molecule has 0 radical (unpaired) electrons. The number of benzene rings is 2. The van der Waals surface area contributed by atoms with E-state index in [-0.39, 0.29) is 24.3 Å². The van der Waals surface area contributed by atoms with Gasteiger partial charge in [-0.25, -0.2) is 14.2 Å². The van der Waals surface area contributed by atoms with Crippen molar-refractivity contribution in [2.45, 2.75) is 38.1 Å². The largest absolute Gasteiger partial charge is 0.459 e. The average Bonchev–Trinajstić information content (AvgIpc) is 3.43. The highest BCUT2D eigenvalue weighted by molar-refractivity contribution is 6.34. The quantitative estimate of drug-likeness (QED) is 0.285. The molecule has 0 spiro atoms. The van der Waals surface area contributed by atoms with Crippen LogP contribution in [-0.2, 0) is 20.8 Å². The summed E-state index contributed by atoms with van der Waals surface area (Å²) >= 11 is 6.22. The number of aryl methyl sites for hydroxylation is 1. The summed E-state index contributed by atoms with van der Waals surface area (Å²) in [6.07, 6.45) is -2.90. The molecule has 1 saturated heterocycles. The second kappa shape index (κ2) is 10.2. The maximum atomic E-state index is 15.7. The van der Waals surface area contributed by atoms with Gasteiger partial charge in [-0.1, -0.05) is 59.6 Å². The van der Waals surface area contributed by atoms with Crippen molar-refractivity contribution in [3.05, 3.63) is 88.7 Å². The number of nitrogen functional groups attached to an aromatic ring is 1. The lowest BCUT2D eigenvalue weighted by Crippen LogP contribution is -2.33. The molecule has 10 heteroatoms. The Labute approximate surface area is 211 Å². The fourth-order valence-corrected chi connectivity index (χ4v) is 4.38. The Bertz CT molecular complexity index is 1370. The second-order valence-corrected chi connectivity index (χ2v) is 8.93. The first kappa shape index (κ1) is 24.2. The first-order valence-electron chi connectivity index (χ1n) is 11.4. The van der Waals surface area contributed by atoms with Gasteiger partial charge in [-0.2, -0.15) is 4.98 Å². The van der Waals surface area contributed by atoms with Gasteiger partial charge in [-0.05, 0) is 30.7 Å². The molecule has 0 aliphatic carbocycles. The smallest absolute Gasteiger partial charge is 0.338 e. The van der Waals surface area contributed by atoms with Gasteiger partial charge in [0.2, 0.25) is 5.95 Å². The van der Waals surface area contributed by atoms with Crippen LogP contribution >= 0.6 is 11.6 Å². The molecule has 1 unspecified atom stereocenters. The molecule has 4 atom stereocenters. The number of aromatic nitrogens is 3. The number of ether oxygens (including phenoxy) is 3. The van der Waals surface area contributed by atoms with Gasteiger partial charge in [0, 0.05) is 6.20 Å².